The second-order valence-electron chi connectivity index (χ2n) is 8.34. The molecule has 4 heterocycles. The Kier molecular flexibility index (Phi) is 5.03. The van der Waals surface area contributed by atoms with Crippen molar-refractivity contribution in [1.29, 1.82) is 0 Å². The molecule has 2 N–H and O–H groups in total. The van der Waals surface area contributed by atoms with Crippen molar-refractivity contribution in [3.8, 4) is 16.9 Å². The van der Waals surface area contributed by atoms with Crippen LogP contribution in [0.25, 0.3) is 28.0 Å². The molecule has 0 spiro atoms. The van der Waals surface area contributed by atoms with Crippen LogP contribution >= 0.6 is 0 Å². The van der Waals surface area contributed by atoms with Crippen LogP contribution in [0.2, 0.25) is 0 Å². The van der Waals surface area contributed by atoms with Crippen LogP contribution < -0.4 is 16.6 Å². The Labute approximate surface area is 187 Å². The number of hydrogen-bond acceptors (Lipinski definition) is 5. The van der Waals surface area contributed by atoms with Crippen LogP contribution in [0.15, 0.2) is 46.1 Å². The molecule has 7 nitrogen and oxygen atoms in total. The van der Waals surface area contributed by atoms with E-state index in [0.29, 0.717) is 36.5 Å². The molecular formula is C24H21F2N5O2. The SMILES string of the molecule is CC(C)c1nccc2c1-n1c(=O)[nH]c(=O)c3cc(F)c(nc31)-c1c(F)cccc1NCCC2. The summed E-state index contributed by atoms with van der Waals surface area (Å²) in [5.74, 6) is -1.57. The summed E-state index contributed by atoms with van der Waals surface area (Å²) in [7, 11) is 0. The lowest BCUT2D eigenvalue weighted by Gasteiger charge is -2.21. The fourth-order valence-electron chi connectivity index (χ4n) is 4.32. The summed E-state index contributed by atoms with van der Waals surface area (Å²) in [6.07, 6.45) is 2.95. The molecule has 0 saturated carbocycles. The number of halogens is 2. The van der Waals surface area contributed by atoms with E-state index in [4.69, 9.17) is 0 Å². The number of H-pyrrole nitrogens is 1. The van der Waals surface area contributed by atoms with Crippen molar-refractivity contribution < 1.29 is 8.78 Å². The zero-order valence-corrected chi connectivity index (χ0v) is 18.1. The van der Waals surface area contributed by atoms with E-state index in [2.05, 4.69) is 20.3 Å². The number of benzene rings is 1. The molecule has 0 aliphatic carbocycles. The van der Waals surface area contributed by atoms with Crippen molar-refractivity contribution in [1.82, 2.24) is 19.5 Å². The van der Waals surface area contributed by atoms with Crippen molar-refractivity contribution in [3.63, 3.8) is 0 Å². The van der Waals surface area contributed by atoms with Crippen LogP contribution in [0.5, 0.6) is 0 Å². The summed E-state index contributed by atoms with van der Waals surface area (Å²) in [5.41, 5.74) is 0.538. The zero-order valence-electron chi connectivity index (χ0n) is 18.1. The van der Waals surface area contributed by atoms with Crippen molar-refractivity contribution in [2.75, 3.05) is 11.9 Å². The van der Waals surface area contributed by atoms with Gasteiger partial charge in [0, 0.05) is 18.4 Å². The Hall–Kier alpha value is -3.88. The average Bonchev–Trinajstić information content (AvgIpc) is 2.77. The lowest BCUT2D eigenvalue weighted by molar-refractivity contribution is 0.612. The van der Waals surface area contributed by atoms with Gasteiger partial charge in [0.25, 0.3) is 5.56 Å². The van der Waals surface area contributed by atoms with E-state index in [9.17, 15) is 14.0 Å². The summed E-state index contributed by atoms with van der Waals surface area (Å²) < 4.78 is 31.4. The number of nitrogens with zero attached hydrogens (tertiary/aromatic N) is 3. The number of aryl methyl sites for hydroxylation is 1. The first-order chi connectivity index (χ1) is 15.9. The minimum atomic E-state index is -0.862. The number of aromatic nitrogens is 4. The molecule has 1 aliphatic rings. The molecule has 0 fully saturated rings. The summed E-state index contributed by atoms with van der Waals surface area (Å²) in [5, 5.41) is 3.07. The van der Waals surface area contributed by atoms with Crippen LogP contribution in [0, 0.1) is 11.6 Å². The lowest BCUT2D eigenvalue weighted by atomic mass is 10.00. The Morgan fingerprint density at radius 3 is 2.73 bits per heavy atom. The van der Waals surface area contributed by atoms with E-state index >= 15 is 4.39 Å². The van der Waals surface area contributed by atoms with Crippen LogP contribution in [-0.4, -0.2) is 26.1 Å². The summed E-state index contributed by atoms with van der Waals surface area (Å²) in [6, 6.07) is 7.23. The third-order valence-corrected chi connectivity index (χ3v) is 5.83. The van der Waals surface area contributed by atoms with Gasteiger partial charge in [0.15, 0.2) is 11.5 Å². The lowest BCUT2D eigenvalue weighted by Crippen LogP contribution is -2.32. The first-order valence-electron chi connectivity index (χ1n) is 10.7. The minimum absolute atomic E-state index is 0.0436. The molecule has 5 rings (SSSR count). The number of pyridine rings is 2. The fourth-order valence-corrected chi connectivity index (χ4v) is 4.32. The third kappa shape index (κ3) is 3.40. The van der Waals surface area contributed by atoms with Gasteiger partial charge in [-0.05, 0) is 48.6 Å². The Morgan fingerprint density at radius 1 is 1.12 bits per heavy atom. The monoisotopic (exact) mass is 449 g/mol. The molecule has 4 aromatic rings. The number of fused-ring (bicyclic) bond motifs is 5. The van der Waals surface area contributed by atoms with Gasteiger partial charge >= 0.3 is 5.69 Å². The van der Waals surface area contributed by atoms with Crippen molar-refractivity contribution in [2.24, 2.45) is 0 Å². The van der Waals surface area contributed by atoms with Crippen molar-refractivity contribution >= 4 is 16.7 Å². The third-order valence-electron chi connectivity index (χ3n) is 5.83. The molecule has 0 saturated heterocycles. The predicted octanol–water partition coefficient (Wildman–Crippen LogP) is 3.90. The van der Waals surface area contributed by atoms with Crippen LogP contribution in [0.3, 0.4) is 0 Å². The van der Waals surface area contributed by atoms with Gasteiger partial charge in [-0.1, -0.05) is 19.9 Å². The van der Waals surface area contributed by atoms with E-state index < -0.39 is 22.9 Å². The van der Waals surface area contributed by atoms with E-state index in [-0.39, 0.29) is 28.2 Å². The quantitative estimate of drug-likeness (QED) is 0.460. The molecule has 168 valence electrons. The van der Waals surface area contributed by atoms with Crippen molar-refractivity contribution in [2.45, 2.75) is 32.6 Å². The first kappa shape index (κ1) is 21.0. The fraction of sp³-hybridized carbons (Fsp3) is 0.250. The van der Waals surface area contributed by atoms with E-state index in [1.165, 1.54) is 16.7 Å². The summed E-state index contributed by atoms with van der Waals surface area (Å²) in [6.45, 7) is 4.39. The number of aromatic amines is 1. The number of anilines is 1. The van der Waals surface area contributed by atoms with E-state index in [1.807, 2.05) is 19.9 Å². The predicted molar refractivity (Wildman–Crippen MR) is 122 cm³/mol. The van der Waals surface area contributed by atoms with Gasteiger partial charge in [0.2, 0.25) is 0 Å². The normalized spacial score (nSPS) is 13.2. The summed E-state index contributed by atoms with van der Waals surface area (Å²) >= 11 is 0. The molecule has 0 atom stereocenters. The smallest absolute Gasteiger partial charge is 0.334 e. The number of hydrogen-bond donors (Lipinski definition) is 2. The maximum atomic E-state index is 15.2. The van der Waals surface area contributed by atoms with Gasteiger partial charge in [-0.2, -0.15) is 0 Å². The molecule has 0 unspecified atom stereocenters. The molecule has 1 aromatic carbocycles. The van der Waals surface area contributed by atoms with Crippen LogP contribution in [0.1, 0.15) is 37.4 Å². The zero-order chi connectivity index (χ0) is 23.3. The number of nitrogens with one attached hydrogen (secondary N) is 2. The highest BCUT2D eigenvalue weighted by Gasteiger charge is 2.24. The second kappa shape index (κ2) is 7.91. The standard InChI is InChI=1S/C24H21F2N5O2/c1-12(2)19-21-13(8-10-28-19)5-4-9-27-17-7-3-6-15(25)18(17)20-16(26)11-14-22(29-20)31(21)24(33)30-23(14)32/h3,6-8,10-12,27H,4-5,9H2,1-2H3,(H,30,32,33). The first-order valence-corrected chi connectivity index (χ1v) is 10.7. The van der Waals surface area contributed by atoms with Gasteiger partial charge in [-0.3, -0.25) is 14.8 Å². The van der Waals surface area contributed by atoms with Gasteiger partial charge in [0.1, 0.15) is 11.5 Å². The van der Waals surface area contributed by atoms with Gasteiger partial charge < -0.3 is 5.32 Å². The molecular weight excluding hydrogens is 428 g/mol. The molecule has 9 heteroatoms. The molecule has 0 amide bonds. The molecule has 2 bridgehead atoms. The van der Waals surface area contributed by atoms with E-state index in [0.717, 1.165) is 11.6 Å². The van der Waals surface area contributed by atoms with Crippen LogP contribution in [-0.2, 0) is 6.42 Å². The number of rotatable bonds is 1. The molecule has 3 aromatic heterocycles. The molecule has 33 heavy (non-hydrogen) atoms. The highest BCUT2D eigenvalue weighted by molar-refractivity contribution is 5.84. The minimum Gasteiger partial charge on any atom is -0.384 e. The highest BCUT2D eigenvalue weighted by Crippen LogP contribution is 2.34. The Morgan fingerprint density at radius 2 is 1.94 bits per heavy atom. The second-order valence-corrected chi connectivity index (χ2v) is 8.34. The average molecular weight is 449 g/mol. The maximum Gasteiger partial charge on any atom is 0.334 e. The molecule has 1 aliphatic heterocycles. The van der Waals surface area contributed by atoms with Crippen LogP contribution in [0.4, 0.5) is 14.5 Å². The van der Waals surface area contributed by atoms with E-state index in [1.54, 1.807) is 12.3 Å². The van der Waals surface area contributed by atoms with Crippen molar-refractivity contribution in [3.05, 3.63) is 80.3 Å². The molecule has 0 radical (unpaired) electrons. The highest BCUT2D eigenvalue weighted by atomic mass is 19.1. The Balaban J connectivity index is 2.00. The maximum absolute atomic E-state index is 15.2. The largest absolute Gasteiger partial charge is 0.384 e. The van der Waals surface area contributed by atoms with Gasteiger partial charge in [-0.15, -0.1) is 0 Å². The van der Waals surface area contributed by atoms with Gasteiger partial charge in [-0.25, -0.2) is 23.1 Å². The Bertz CT molecular complexity index is 1520. The summed E-state index contributed by atoms with van der Waals surface area (Å²) in [4.78, 5) is 36.8. The van der Waals surface area contributed by atoms with Gasteiger partial charge in [0.05, 0.1) is 22.3 Å². The topological polar surface area (TPSA) is 92.7 Å².